The molecule has 2 unspecified atom stereocenters. The van der Waals surface area contributed by atoms with Crippen LogP contribution < -0.4 is 5.32 Å². The van der Waals surface area contributed by atoms with E-state index in [1.54, 1.807) is 0 Å². The summed E-state index contributed by atoms with van der Waals surface area (Å²) in [5.41, 5.74) is 2.15. The molecule has 1 aromatic carbocycles. The van der Waals surface area contributed by atoms with Gasteiger partial charge in [-0.25, -0.2) is 19.2 Å². The van der Waals surface area contributed by atoms with Crippen molar-refractivity contribution in [1.29, 1.82) is 0 Å². The van der Waals surface area contributed by atoms with Crippen LogP contribution in [0, 0.1) is 6.92 Å². The number of nitrogens with zero attached hydrogens (tertiary/aromatic N) is 2. The maximum absolute atomic E-state index is 12.8. The van der Waals surface area contributed by atoms with E-state index in [4.69, 9.17) is 9.84 Å². The molecule has 0 bridgehead atoms. The van der Waals surface area contributed by atoms with Gasteiger partial charge in [-0.2, -0.15) is 0 Å². The van der Waals surface area contributed by atoms with E-state index in [1.165, 1.54) is 11.6 Å². The number of ether oxygens (including phenoxy) is 1. The zero-order valence-corrected chi connectivity index (χ0v) is 14.6. The topological polar surface area (TPSA) is 84.3 Å². The molecule has 0 amide bonds. The van der Waals surface area contributed by atoms with E-state index < -0.39 is 12.6 Å². The first-order chi connectivity index (χ1) is 12.5. The molecule has 0 aliphatic carbocycles. The molecule has 138 valence electrons. The van der Waals surface area contributed by atoms with Crippen molar-refractivity contribution in [3.63, 3.8) is 0 Å². The van der Waals surface area contributed by atoms with Crippen molar-refractivity contribution in [3.8, 4) is 0 Å². The Balaban J connectivity index is 1.63. The van der Waals surface area contributed by atoms with Crippen molar-refractivity contribution in [2.24, 2.45) is 0 Å². The minimum Gasteiger partial charge on any atom is -0.477 e. The van der Waals surface area contributed by atoms with Crippen molar-refractivity contribution in [2.45, 2.75) is 45.1 Å². The van der Waals surface area contributed by atoms with Gasteiger partial charge in [-0.1, -0.05) is 29.8 Å². The fourth-order valence-corrected chi connectivity index (χ4v) is 3.05. The van der Waals surface area contributed by atoms with Crippen LogP contribution in [0.1, 0.15) is 52.8 Å². The number of anilines is 1. The van der Waals surface area contributed by atoms with Crippen LogP contribution in [0.5, 0.6) is 0 Å². The monoisotopic (exact) mass is 359 g/mol. The van der Waals surface area contributed by atoms with Gasteiger partial charge in [0.25, 0.3) is 0 Å². The summed E-state index contributed by atoms with van der Waals surface area (Å²) in [5.74, 6) is -1.06. The van der Waals surface area contributed by atoms with Crippen LogP contribution in [0.15, 0.2) is 30.3 Å². The average molecular weight is 359 g/mol. The summed E-state index contributed by atoms with van der Waals surface area (Å²) < 4.78 is 19.0. The van der Waals surface area contributed by atoms with Gasteiger partial charge < -0.3 is 15.2 Å². The maximum Gasteiger partial charge on any atom is 0.354 e. The third-order valence-corrected chi connectivity index (χ3v) is 4.42. The second-order valence-corrected chi connectivity index (χ2v) is 6.46. The highest BCUT2D eigenvalue weighted by Crippen LogP contribution is 2.31. The predicted molar refractivity (Wildman–Crippen MR) is 94.9 cm³/mol. The number of aromatic carboxylic acids is 1. The molecule has 0 spiro atoms. The molecule has 2 aromatic rings. The predicted octanol–water partition coefficient (Wildman–Crippen LogP) is 3.68. The molecular formula is C19H22FN3O3. The Morgan fingerprint density at radius 3 is 2.77 bits per heavy atom. The number of hydrogen-bond acceptors (Lipinski definition) is 5. The van der Waals surface area contributed by atoms with Crippen LogP contribution in [0.3, 0.4) is 0 Å². The number of benzene rings is 1. The molecule has 2 heterocycles. The molecule has 0 radical (unpaired) electrons. The summed E-state index contributed by atoms with van der Waals surface area (Å²) in [6.07, 6.45) is 2.96. The lowest BCUT2D eigenvalue weighted by Gasteiger charge is -2.30. The standard InChI is InChI=1S/C19H22FN3O3/c1-12-5-7-13(8-6-12)16-4-2-3-14(26-16)11-21-17-9-15(19(24)25)22-18(10-20)23-17/h5-9,14,16H,2-4,10-11H2,1H3,(H,24,25)(H,21,22,23). The van der Waals surface area contributed by atoms with Crippen LogP contribution in [0.2, 0.25) is 0 Å². The van der Waals surface area contributed by atoms with Crippen molar-refractivity contribution in [1.82, 2.24) is 9.97 Å². The molecule has 6 nitrogen and oxygen atoms in total. The number of halogens is 1. The summed E-state index contributed by atoms with van der Waals surface area (Å²) in [5, 5.41) is 12.1. The Kier molecular flexibility index (Phi) is 5.78. The number of rotatable bonds is 6. The first kappa shape index (κ1) is 18.3. The molecule has 26 heavy (non-hydrogen) atoms. The van der Waals surface area contributed by atoms with E-state index in [0.717, 1.165) is 24.8 Å². The minimum atomic E-state index is -1.21. The lowest BCUT2D eigenvalue weighted by Crippen LogP contribution is -2.29. The van der Waals surface area contributed by atoms with Gasteiger partial charge in [0, 0.05) is 12.6 Å². The number of carboxylic acids is 1. The lowest BCUT2D eigenvalue weighted by molar-refractivity contribution is -0.0442. The summed E-state index contributed by atoms with van der Waals surface area (Å²) >= 11 is 0. The molecular weight excluding hydrogens is 337 g/mol. The Labute approximate surface area is 151 Å². The highest BCUT2D eigenvalue weighted by atomic mass is 19.1. The van der Waals surface area contributed by atoms with E-state index in [9.17, 15) is 9.18 Å². The third-order valence-electron chi connectivity index (χ3n) is 4.42. The van der Waals surface area contributed by atoms with Crippen LogP contribution in [-0.4, -0.2) is 33.7 Å². The molecule has 2 atom stereocenters. The molecule has 2 N–H and O–H groups in total. The van der Waals surface area contributed by atoms with Crippen LogP contribution in [0.4, 0.5) is 10.2 Å². The van der Waals surface area contributed by atoms with Gasteiger partial charge in [-0.05, 0) is 31.7 Å². The van der Waals surface area contributed by atoms with Crippen LogP contribution in [-0.2, 0) is 11.4 Å². The summed E-state index contributed by atoms with van der Waals surface area (Å²) in [6.45, 7) is 1.62. The third kappa shape index (κ3) is 4.54. The number of carbonyl (C=O) groups is 1. The molecule has 3 rings (SSSR count). The summed E-state index contributed by atoms with van der Waals surface area (Å²) in [4.78, 5) is 18.7. The number of nitrogens with one attached hydrogen (secondary N) is 1. The Hall–Kier alpha value is -2.54. The quantitative estimate of drug-likeness (QED) is 0.819. The van der Waals surface area contributed by atoms with Gasteiger partial charge in [0.2, 0.25) is 0 Å². The molecule has 1 aliphatic heterocycles. The zero-order chi connectivity index (χ0) is 18.5. The van der Waals surface area contributed by atoms with Gasteiger partial charge in [0.05, 0.1) is 12.2 Å². The van der Waals surface area contributed by atoms with Crippen LogP contribution >= 0.6 is 0 Å². The van der Waals surface area contributed by atoms with Crippen LogP contribution in [0.25, 0.3) is 0 Å². The molecule has 1 fully saturated rings. The lowest BCUT2D eigenvalue weighted by atomic mass is 9.97. The summed E-state index contributed by atoms with van der Waals surface area (Å²) in [6, 6.07) is 9.64. The van der Waals surface area contributed by atoms with E-state index in [1.807, 2.05) is 0 Å². The second kappa shape index (κ2) is 8.23. The van der Waals surface area contributed by atoms with E-state index >= 15 is 0 Å². The van der Waals surface area contributed by atoms with Crippen molar-refractivity contribution >= 4 is 11.8 Å². The fourth-order valence-electron chi connectivity index (χ4n) is 3.05. The number of aryl methyl sites for hydroxylation is 1. The first-order valence-corrected chi connectivity index (χ1v) is 8.68. The molecule has 1 saturated heterocycles. The number of hydrogen-bond donors (Lipinski definition) is 2. The number of aromatic nitrogens is 2. The maximum atomic E-state index is 12.8. The van der Waals surface area contributed by atoms with Gasteiger partial charge in [0.15, 0.2) is 11.5 Å². The van der Waals surface area contributed by atoms with E-state index in [2.05, 4.69) is 46.5 Å². The highest BCUT2D eigenvalue weighted by molar-refractivity contribution is 5.86. The minimum absolute atomic E-state index is 0.0212. The first-order valence-electron chi connectivity index (χ1n) is 8.68. The van der Waals surface area contributed by atoms with Crippen molar-refractivity contribution in [2.75, 3.05) is 11.9 Å². The van der Waals surface area contributed by atoms with Gasteiger partial charge in [-0.3, -0.25) is 0 Å². The second-order valence-electron chi connectivity index (χ2n) is 6.46. The van der Waals surface area contributed by atoms with E-state index in [-0.39, 0.29) is 23.7 Å². The Morgan fingerprint density at radius 2 is 2.08 bits per heavy atom. The molecule has 1 aliphatic rings. The van der Waals surface area contributed by atoms with E-state index in [0.29, 0.717) is 12.4 Å². The van der Waals surface area contributed by atoms with Crippen molar-refractivity contribution in [3.05, 3.63) is 53.0 Å². The number of carboxylic acid groups (broad SMARTS) is 1. The van der Waals surface area contributed by atoms with Gasteiger partial charge in [-0.15, -0.1) is 0 Å². The normalized spacial score (nSPS) is 19.9. The average Bonchev–Trinajstić information content (AvgIpc) is 2.67. The fraction of sp³-hybridized carbons (Fsp3) is 0.421. The van der Waals surface area contributed by atoms with Crippen molar-refractivity contribution < 1.29 is 19.0 Å². The summed E-state index contributed by atoms with van der Waals surface area (Å²) in [7, 11) is 0. The van der Waals surface area contributed by atoms with Gasteiger partial charge >= 0.3 is 5.97 Å². The zero-order valence-electron chi connectivity index (χ0n) is 14.6. The highest BCUT2D eigenvalue weighted by Gasteiger charge is 2.23. The Morgan fingerprint density at radius 1 is 1.31 bits per heavy atom. The SMILES string of the molecule is Cc1ccc(C2CCCC(CNc3cc(C(=O)O)nc(CF)n3)O2)cc1. The molecule has 0 saturated carbocycles. The van der Waals surface area contributed by atoms with Gasteiger partial charge in [0.1, 0.15) is 12.5 Å². The molecule has 1 aromatic heterocycles. The largest absolute Gasteiger partial charge is 0.477 e. The Bertz CT molecular complexity index is 767. The smallest absolute Gasteiger partial charge is 0.354 e. The molecule has 7 heteroatoms. The number of alkyl halides is 1.